The summed E-state index contributed by atoms with van der Waals surface area (Å²) in [5.41, 5.74) is 0. The first-order chi connectivity index (χ1) is 7.68. The first-order valence-electron chi connectivity index (χ1n) is 6.28. The molecule has 0 aromatic rings. The summed E-state index contributed by atoms with van der Waals surface area (Å²) < 4.78 is 5.55. The maximum Gasteiger partial charge on any atom is 0.239 e. The standard InChI is InChI=1S/C12H22N2O2/c1-9-5-6-13-11(9)12(15)14(2)8-10-4-3-7-16-10/h9-11,13H,3-8H2,1-2H3. The van der Waals surface area contributed by atoms with Gasteiger partial charge in [0.15, 0.2) is 0 Å². The lowest BCUT2D eigenvalue weighted by Gasteiger charge is -2.25. The fourth-order valence-corrected chi connectivity index (χ4v) is 2.59. The van der Waals surface area contributed by atoms with Gasteiger partial charge in [0.2, 0.25) is 5.91 Å². The van der Waals surface area contributed by atoms with Gasteiger partial charge in [-0.15, -0.1) is 0 Å². The van der Waals surface area contributed by atoms with Crippen LogP contribution in [0.2, 0.25) is 0 Å². The van der Waals surface area contributed by atoms with E-state index < -0.39 is 0 Å². The van der Waals surface area contributed by atoms with E-state index in [9.17, 15) is 4.79 Å². The first-order valence-corrected chi connectivity index (χ1v) is 6.28. The molecule has 0 saturated carbocycles. The lowest BCUT2D eigenvalue weighted by atomic mass is 10.0. The van der Waals surface area contributed by atoms with Gasteiger partial charge in [0.1, 0.15) is 0 Å². The zero-order chi connectivity index (χ0) is 11.5. The second-order valence-electron chi connectivity index (χ2n) is 5.05. The first kappa shape index (κ1) is 11.9. The van der Waals surface area contributed by atoms with Gasteiger partial charge in [0.05, 0.1) is 12.1 Å². The Morgan fingerprint density at radius 1 is 1.50 bits per heavy atom. The van der Waals surface area contributed by atoms with E-state index in [2.05, 4.69) is 12.2 Å². The SMILES string of the molecule is CC1CCNC1C(=O)N(C)CC1CCCO1. The fourth-order valence-electron chi connectivity index (χ4n) is 2.59. The Morgan fingerprint density at radius 3 is 2.88 bits per heavy atom. The fraction of sp³-hybridized carbons (Fsp3) is 0.917. The largest absolute Gasteiger partial charge is 0.376 e. The highest BCUT2D eigenvalue weighted by Gasteiger charge is 2.32. The molecule has 0 spiro atoms. The predicted molar refractivity (Wildman–Crippen MR) is 62.2 cm³/mol. The van der Waals surface area contributed by atoms with Crippen molar-refractivity contribution >= 4 is 5.91 Å². The van der Waals surface area contributed by atoms with E-state index >= 15 is 0 Å². The molecule has 2 saturated heterocycles. The van der Waals surface area contributed by atoms with Crippen molar-refractivity contribution in [2.75, 3.05) is 26.7 Å². The number of hydrogen-bond donors (Lipinski definition) is 1. The number of nitrogens with one attached hydrogen (secondary N) is 1. The van der Waals surface area contributed by atoms with Crippen molar-refractivity contribution in [3.63, 3.8) is 0 Å². The number of carbonyl (C=O) groups excluding carboxylic acids is 1. The molecule has 0 bridgehead atoms. The highest BCUT2D eigenvalue weighted by molar-refractivity contribution is 5.82. The van der Waals surface area contributed by atoms with Crippen LogP contribution >= 0.6 is 0 Å². The zero-order valence-electron chi connectivity index (χ0n) is 10.2. The Balaban J connectivity index is 1.83. The molecular formula is C12H22N2O2. The summed E-state index contributed by atoms with van der Waals surface area (Å²) in [5, 5.41) is 3.28. The highest BCUT2D eigenvalue weighted by Crippen LogP contribution is 2.18. The van der Waals surface area contributed by atoms with Crippen molar-refractivity contribution in [1.29, 1.82) is 0 Å². The molecule has 4 nitrogen and oxygen atoms in total. The molecule has 3 atom stereocenters. The predicted octanol–water partition coefficient (Wildman–Crippen LogP) is 0.622. The summed E-state index contributed by atoms with van der Waals surface area (Å²) in [7, 11) is 1.89. The third-order valence-corrected chi connectivity index (χ3v) is 3.68. The molecule has 1 N–H and O–H groups in total. The van der Waals surface area contributed by atoms with Crippen LogP contribution in [0.15, 0.2) is 0 Å². The molecule has 0 aromatic carbocycles. The number of rotatable bonds is 3. The molecule has 0 aliphatic carbocycles. The van der Waals surface area contributed by atoms with Crippen molar-refractivity contribution in [2.24, 2.45) is 5.92 Å². The van der Waals surface area contributed by atoms with E-state index in [1.54, 1.807) is 0 Å². The van der Waals surface area contributed by atoms with Crippen LogP contribution in [0.25, 0.3) is 0 Å². The van der Waals surface area contributed by atoms with E-state index in [0.29, 0.717) is 5.92 Å². The van der Waals surface area contributed by atoms with Crippen molar-refractivity contribution in [3.05, 3.63) is 0 Å². The monoisotopic (exact) mass is 226 g/mol. The number of ether oxygens (including phenoxy) is 1. The molecule has 0 aromatic heterocycles. The van der Waals surface area contributed by atoms with Gasteiger partial charge in [0, 0.05) is 20.2 Å². The van der Waals surface area contributed by atoms with Crippen LogP contribution in [0.3, 0.4) is 0 Å². The molecule has 2 fully saturated rings. The van der Waals surface area contributed by atoms with Crippen molar-refractivity contribution in [2.45, 2.75) is 38.3 Å². The number of amides is 1. The summed E-state index contributed by atoms with van der Waals surface area (Å²) >= 11 is 0. The topological polar surface area (TPSA) is 41.6 Å². The average Bonchev–Trinajstić information content (AvgIpc) is 2.88. The minimum absolute atomic E-state index is 0.0198. The van der Waals surface area contributed by atoms with E-state index in [1.807, 2.05) is 11.9 Å². The summed E-state index contributed by atoms with van der Waals surface area (Å²) in [6, 6.07) is 0.0198. The summed E-state index contributed by atoms with van der Waals surface area (Å²) in [4.78, 5) is 14.0. The second-order valence-corrected chi connectivity index (χ2v) is 5.05. The Morgan fingerprint density at radius 2 is 2.31 bits per heavy atom. The maximum absolute atomic E-state index is 12.2. The van der Waals surface area contributed by atoms with Gasteiger partial charge in [-0.05, 0) is 31.7 Å². The second kappa shape index (κ2) is 5.15. The molecule has 0 radical (unpaired) electrons. The molecule has 2 heterocycles. The van der Waals surface area contributed by atoms with E-state index in [0.717, 1.165) is 39.0 Å². The van der Waals surface area contributed by atoms with Crippen LogP contribution < -0.4 is 5.32 Å². The maximum atomic E-state index is 12.2. The van der Waals surface area contributed by atoms with Gasteiger partial charge >= 0.3 is 0 Å². The van der Waals surface area contributed by atoms with Gasteiger partial charge in [-0.1, -0.05) is 6.92 Å². The number of carbonyl (C=O) groups is 1. The third-order valence-electron chi connectivity index (χ3n) is 3.68. The highest BCUT2D eigenvalue weighted by atomic mass is 16.5. The summed E-state index contributed by atoms with van der Waals surface area (Å²) in [6.45, 7) is 4.70. The minimum atomic E-state index is 0.0198. The van der Waals surface area contributed by atoms with Gasteiger partial charge in [-0.25, -0.2) is 0 Å². The smallest absolute Gasteiger partial charge is 0.239 e. The molecule has 16 heavy (non-hydrogen) atoms. The summed E-state index contributed by atoms with van der Waals surface area (Å²) in [5.74, 6) is 0.681. The molecule has 3 unspecified atom stereocenters. The van der Waals surface area contributed by atoms with Crippen LogP contribution in [0.5, 0.6) is 0 Å². The quantitative estimate of drug-likeness (QED) is 0.767. The van der Waals surface area contributed by atoms with Crippen LogP contribution in [-0.4, -0.2) is 49.7 Å². The Labute approximate surface area is 97.3 Å². The van der Waals surface area contributed by atoms with E-state index in [-0.39, 0.29) is 18.1 Å². The van der Waals surface area contributed by atoms with E-state index in [4.69, 9.17) is 4.74 Å². The summed E-state index contributed by atoms with van der Waals surface area (Å²) in [6.07, 6.45) is 3.57. The molecule has 2 aliphatic heterocycles. The van der Waals surface area contributed by atoms with Crippen molar-refractivity contribution < 1.29 is 9.53 Å². The van der Waals surface area contributed by atoms with Gasteiger partial charge in [0.25, 0.3) is 0 Å². The van der Waals surface area contributed by atoms with Crippen molar-refractivity contribution in [1.82, 2.24) is 10.2 Å². The van der Waals surface area contributed by atoms with Gasteiger partial charge in [-0.3, -0.25) is 4.79 Å². The Bertz CT molecular complexity index is 251. The Hall–Kier alpha value is -0.610. The lowest BCUT2D eigenvalue weighted by molar-refractivity contribution is -0.134. The molecule has 2 aliphatic rings. The van der Waals surface area contributed by atoms with Crippen LogP contribution in [0.4, 0.5) is 0 Å². The zero-order valence-corrected chi connectivity index (χ0v) is 10.2. The number of hydrogen-bond acceptors (Lipinski definition) is 3. The van der Waals surface area contributed by atoms with Gasteiger partial charge < -0.3 is 15.0 Å². The minimum Gasteiger partial charge on any atom is -0.376 e. The molecule has 1 amide bonds. The lowest BCUT2D eigenvalue weighted by Crippen LogP contribution is -2.46. The van der Waals surface area contributed by atoms with E-state index in [1.165, 1.54) is 0 Å². The third kappa shape index (κ3) is 2.55. The molecule has 92 valence electrons. The average molecular weight is 226 g/mol. The Kier molecular flexibility index (Phi) is 3.82. The van der Waals surface area contributed by atoms with Crippen LogP contribution in [-0.2, 0) is 9.53 Å². The number of nitrogens with zero attached hydrogens (tertiary/aromatic N) is 1. The molecule has 4 heteroatoms. The van der Waals surface area contributed by atoms with Crippen molar-refractivity contribution in [3.8, 4) is 0 Å². The normalized spacial score (nSPS) is 34.2. The number of likely N-dealkylation sites (N-methyl/N-ethyl adjacent to an activating group) is 1. The molecule has 2 rings (SSSR count). The molecular weight excluding hydrogens is 204 g/mol. The van der Waals surface area contributed by atoms with Gasteiger partial charge in [-0.2, -0.15) is 0 Å². The van der Waals surface area contributed by atoms with Crippen LogP contribution in [0, 0.1) is 5.92 Å². The van der Waals surface area contributed by atoms with Crippen LogP contribution in [0.1, 0.15) is 26.2 Å².